The first-order valence-electron chi connectivity index (χ1n) is 8.72. The molecule has 0 spiro atoms. The summed E-state index contributed by atoms with van der Waals surface area (Å²) in [6, 6.07) is 13.9. The van der Waals surface area contributed by atoms with Gasteiger partial charge in [0.2, 0.25) is 0 Å². The number of likely N-dealkylation sites (N-methyl/N-ethyl adjacent to an activating group) is 1. The van der Waals surface area contributed by atoms with E-state index in [0.717, 1.165) is 5.69 Å². The summed E-state index contributed by atoms with van der Waals surface area (Å²) in [6.07, 6.45) is 0. The van der Waals surface area contributed by atoms with E-state index in [-0.39, 0.29) is 12.5 Å². The van der Waals surface area contributed by atoms with Crippen LogP contribution in [0.5, 0.6) is 11.5 Å². The Bertz CT molecular complexity index is 773. The van der Waals surface area contributed by atoms with Crippen LogP contribution in [0, 0.1) is 5.92 Å². The third kappa shape index (κ3) is 5.74. The number of benzene rings is 2. The normalized spacial score (nSPS) is 10.4. The van der Waals surface area contributed by atoms with Crippen molar-refractivity contribution in [1.29, 1.82) is 0 Å². The van der Waals surface area contributed by atoms with Gasteiger partial charge in [0, 0.05) is 12.7 Å². The second-order valence-electron chi connectivity index (χ2n) is 6.43. The van der Waals surface area contributed by atoms with Crippen LogP contribution in [-0.2, 0) is 9.53 Å². The Balaban J connectivity index is 1.98. The van der Waals surface area contributed by atoms with Gasteiger partial charge in [-0.25, -0.2) is 4.79 Å². The topological polar surface area (TPSA) is 65.1 Å². The molecule has 0 fully saturated rings. The number of nitrogens with zero attached hydrogens (tertiary/aromatic N) is 1. The quantitative estimate of drug-likeness (QED) is 0.664. The first-order chi connectivity index (χ1) is 12.9. The van der Waals surface area contributed by atoms with Gasteiger partial charge in [-0.1, -0.05) is 32.0 Å². The molecule has 0 aliphatic rings. The summed E-state index contributed by atoms with van der Waals surface area (Å²) in [5.74, 6) is 0.448. The first-order valence-corrected chi connectivity index (χ1v) is 8.72. The Kier molecular flexibility index (Phi) is 7.23. The van der Waals surface area contributed by atoms with E-state index < -0.39 is 5.97 Å². The zero-order valence-electron chi connectivity index (χ0n) is 16.1. The van der Waals surface area contributed by atoms with E-state index in [1.165, 1.54) is 12.0 Å². The monoisotopic (exact) mass is 371 g/mol. The molecule has 6 heteroatoms. The van der Waals surface area contributed by atoms with Crippen molar-refractivity contribution in [2.24, 2.45) is 5.92 Å². The van der Waals surface area contributed by atoms with Crippen molar-refractivity contribution >= 4 is 17.6 Å². The van der Waals surface area contributed by atoms with Crippen molar-refractivity contribution in [2.45, 2.75) is 13.8 Å². The van der Waals surface area contributed by atoms with Crippen LogP contribution in [0.1, 0.15) is 24.2 Å². The number of carbonyl (C=O) groups is 2. The summed E-state index contributed by atoms with van der Waals surface area (Å²) in [5, 5.41) is 0. The average molecular weight is 371 g/mol. The summed E-state index contributed by atoms with van der Waals surface area (Å²) in [6.45, 7) is 4.28. The Morgan fingerprint density at radius 3 is 2.37 bits per heavy atom. The van der Waals surface area contributed by atoms with Crippen LogP contribution in [0.25, 0.3) is 0 Å². The zero-order valence-corrected chi connectivity index (χ0v) is 16.1. The third-order valence-electron chi connectivity index (χ3n) is 3.82. The maximum absolute atomic E-state index is 12.3. The Hall–Kier alpha value is -3.02. The summed E-state index contributed by atoms with van der Waals surface area (Å²) in [7, 11) is 3.14. The predicted octanol–water partition coefficient (Wildman–Crippen LogP) is 3.55. The molecule has 144 valence electrons. The summed E-state index contributed by atoms with van der Waals surface area (Å²) >= 11 is 0. The lowest BCUT2D eigenvalue weighted by Crippen LogP contribution is -2.31. The minimum Gasteiger partial charge on any atom is -0.493 e. The van der Waals surface area contributed by atoms with Crippen molar-refractivity contribution in [2.75, 3.05) is 32.3 Å². The van der Waals surface area contributed by atoms with Gasteiger partial charge in [0.05, 0.1) is 19.3 Å². The highest BCUT2D eigenvalue weighted by Crippen LogP contribution is 2.28. The Morgan fingerprint density at radius 2 is 1.74 bits per heavy atom. The smallest absolute Gasteiger partial charge is 0.338 e. The van der Waals surface area contributed by atoms with E-state index in [1.807, 2.05) is 32.0 Å². The standard InChI is InChI=1S/C21H25NO5/c1-15(2)13-26-18-11-10-16(12-19(18)25-4)21(24)27-14-20(23)22(3)17-8-6-5-7-9-17/h5-12,15H,13-14H2,1-4H3. The van der Waals surface area contributed by atoms with Gasteiger partial charge in [-0.15, -0.1) is 0 Å². The van der Waals surface area contributed by atoms with Gasteiger partial charge < -0.3 is 19.1 Å². The molecular formula is C21H25NO5. The highest BCUT2D eigenvalue weighted by atomic mass is 16.5. The van der Waals surface area contributed by atoms with Crippen LogP contribution in [-0.4, -0.2) is 39.2 Å². The van der Waals surface area contributed by atoms with Crippen molar-refractivity contribution in [1.82, 2.24) is 0 Å². The second kappa shape index (κ2) is 9.62. The lowest BCUT2D eigenvalue weighted by atomic mass is 10.2. The summed E-state index contributed by atoms with van der Waals surface area (Å²) in [5.41, 5.74) is 1.02. The number of anilines is 1. The average Bonchev–Trinajstić information content (AvgIpc) is 2.69. The molecule has 0 aliphatic carbocycles. The summed E-state index contributed by atoms with van der Waals surface area (Å²) in [4.78, 5) is 25.9. The zero-order chi connectivity index (χ0) is 19.8. The number of ether oxygens (including phenoxy) is 3. The number of methoxy groups -OCH3 is 1. The predicted molar refractivity (Wildman–Crippen MR) is 103 cm³/mol. The maximum atomic E-state index is 12.3. The fourth-order valence-electron chi connectivity index (χ4n) is 2.27. The number of hydrogen-bond acceptors (Lipinski definition) is 5. The number of para-hydroxylation sites is 1. The van der Waals surface area contributed by atoms with Crippen LogP contribution in [0.4, 0.5) is 5.69 Å². The van der Waals surface area contributed by atoms with Crippen molar-refractivity contribution in [3.8, 4) is 11.5 Å². The van der Waals surface area contributed by atoms with E-state index in [2.05, 4.69) is 0 Å². The molecule has 0 saturated carbocycles. The highest BCUT2D eigenvalue weighted by Gasteiger charge is 2.16. The highest BCUT2D eigenvalue weighted by molar-refractivity contribution is 5.96. The van der Waals surface area contributed by atoms with Gasteiger partial charge in [0.1, 0.15) is 0 Å². The fourth-order valence-corrected chi connectivity index (χ4v) is 2.27. The third-order valence-corrected chi connectivity index (χ3v) is 3.82. The molecule has 0 aliphatic heterocycles. The van der Waals surface area contributed by atoms with Gasteiger partial charge in [0.25, 0.3) is 5.91 Å². The molecule has 2 aromatic rings. The van der Waals surface area contributed by atoms with E-state index in [9.17, 15) is 9.59 Å². The van der Waals surface area contributed by atoms with E-state index in [1.54, 1.807) is 37.4 Å². The van der Waals surface area contributed by atoms with Crippen LogP contribution in [0.2, 0.25) is 0 Å². The molecule has 0 heterocycles. The maximum Gasteiger partial charge on any atom is 0.338 e. The molecule has 6 nitrogen and oxygen atoms in total. The lowest BCUT2D eigenvalue weighted by Gasteiger charge is -2.17. The second-order valence-corrected chi connectivity index (χ2v) is 6.43. The van der Waals surface area contributed by atoms with Crippen molar-refractivity contribution in [3.63, 3.8) is 0 Å². The van der Waals surface area contributed by atoms with Crippen LogP contribution in [0.15, 0.2) is 48.5 Å². The largest absolute Gasteiger partial charge is 0.493 e. The first kappa shape index (κ1) is 20.3. The van der Waals surface area contributed by atoms with Gasteiger partial charge in [-0.05, 0) is 36.2 Å². The van der Waals surface area contributed by atoms with Crippen molar-refractivity contribution < 1.29 is 23.8 Å². The molecular weight excluding hydrogens is 346 g/mol. The molecule has 27 heavy (non-hydrogen) atoms. The minimum atomic E-state index is -0.599. The SMILES string of the molecule is COc1cc(C(=O)OCC(=O)N(C)c2ccccc2)ccc1OCC(C)C. The molecule has 0 bridgehead atoms. The number of carbonyl (C=O) groups excluding carboxylic acids is 2. The molecule has 2 aromatic carbocycles. The van der Waals surface area contributed by atoms with E-state index >= 15 is 0 Å². The van der Waals surface area contributed by atoms with Crippen LogP contribution < -0.4 is 14.4 Å². The van der Waals surface area contributed by atoms with Gasteiger partial charge in [0.15, 0.2) is 18.1 Å². The molecule has 0 radical (unpaired) electrons. The number of esters is 1. The molecule has 2 rings (SSSR count). The van der Waals surface area contributed by atoms with Gasteiger partial charge in [-0.2, -0.15) is 0 Å². The summed E-state index contributed by atoms with van der Waals surface area (Å²) < 4.78 is 16.1. The fraction of sp³-hybridized carbons (Fsp3) is 0.333. The molecule has 0 saturated heterocycles. The van der Waals surface area contributed by atoms with E-state index in [4.69, 9.17) is 14.2 Å². The lowest BCUT2D eigenvalue weighted by molar-refractivity contribution is -0.121. The van der Waals surface area contributed by atoms with Gasteiger partial charge >= 0.3 is 5.97 Å². The minimum absolute atomic E-state index is 0.291. The van der Waals surface area contributed by atoms with Crippen LogP contribution in [0.3, 0.4) is 0 Å². The molecule has 0 aromatic heterocycles. The number of hydrogen-bond donors (Lipinski definition) is 0. The molecule has 0 N–H and O–H groups in total. The molecule has 0 atom stereocenters. The Labute approximate surface area is 159 Å². The van der Waals surface area contributed by atoms with E-state index in [0.29, 0.717) is 29.6 Å². The number of amides is 1. The molecule has 1 amide bonds. The Morgan fingerprint density at radius 1 is 1.04 bits per heavy atom. The van der Waals surface area contributed by atoms with Gasteiger partial charge in [-0.3, -0.25) is 4.79 Å². The van der Waals surface area contributed by atoms with Crippen LogP contribution >= 0.6 is 0 Å². The number of rotatable bonds is 8. The van der Waals surface area contributed by atoms with Crippen molar-refractivity contribution in [3.05, 3.63) is 54.1 Å². The molecule has 0 unspecified atom stereocenters.